The van der Waals surface area contributed by atoms with Crippen LogP contribution in [0.5, 0.6) is 5.75 Å². The highest BCUT2D eigenvalue weighted by Crippen LogP contribution is 2.29. The summed E-state index contributed by atoms with van der Waals surface area (Å²) in [5.74, 6) is 0.798. The van der Waals surface area contributed by atoms with Gasteiger partial charge in [0.05, 0.1) is 18.3 Å². The van der Waals surface area contributed by atoms with Crippen LogP contribution in [0.3, 0.4) is 0 Å². The van der Waals surface area contributed by atoms with E-state index in [2.05, 4.69) is 4.98 Å². The van der Waals surface area contributed by atoms with Gasteiger partial charge in [0.15, 0.2) is 0 Å². The average Bonchev–Trinajstić information content (AvgIpc) is 2.93. The number of imidazole rings is 1. The van der Waals surface area contributed by atoms with E-state index in [1.165, 1.54) is 19.2 Å². The Kier molecular flexibility index (Phi) is 6.71. The molecule has 0 aliphatic carbocycles. The number of aromatic nitrogens is 2. The first kappa shape index (κ1) is 18.6. The third-order valence-corrected chi connectivity index (χ3v) is 3.08. The molecule has 0 unspecified atom stereocenters. The minimum atomic E-state index is -0.742. The van der Waals surface area contributed by atoms with Gasteiger partial charge < -0.3 is 19.5 Å². The van der Waals surface area contributed by atoms with Crippen molar-refractivity contribution >= 4 is 6.47 Å². The number of aliphatic hydroxyl groups is 1. The molecule has 0 amide bonds. The summed E-state index contributed by atoms with van der Waals surface area (Å²) in [4.78, 5) is 12.7. The number of carbonyl (C=O) groups is 1. The van der Waals surface area contributed by atoms with Crippen LogP contribution in [0.1, 0.15) is 20.3 Å². The molecule has 0 aliphatic rings. The maximum absolute atomic E-state index is 13.2. The molecular formula is C16H21FN2O4. The summed E-state index contributed by atoms with van der Waals surface area (Å²) in [6.45, 7) is 3.91. The van der Waals surface area contributed by atoms with Crippen LogP contribution in [-0.4, -0.2) is 38.9 Å². The second-order valence-corrected chi connectivity index (χ2v) is 5.46. The SMILES string of the molecule is COc1cc(F)ccc1-c1nccn1CCC(C)(C)O.O=CO. The van der Waals surface area contributed by atoms with Crippen LogP contribution in [0.2, 0.25) is 0 Å². The van der Waals surface area contributed by atoms with E-state index in [9.17, 15) is 9.50 Å². The predicted molar refractivity (Wildman–Crippen MR) is 83.8 cm³/mol. The second kappa shape index (κ2) is 8.28. The Bertz CT molecular complexity index is 635. The van der Waals surface area contributed by atoms with Crippen molar-refractivity contribution in [2.24, 2.45) is 0 Å². The summed E-state index contributed by atoms with van der Waals surface area (Å²) < 4.78 is 20.4. The van der Waals surface area contributed by atoms with Gasteiger partial charge in [-0.2, -0.15) is 0 Å². The van der Waals surface area contributed by atoms with Gasteiger partial charge >= 0.3 is 0 Å². The van der Waals surface area contributed by atoms with Crippen LogP contribution < -0.4 is 4.74 Å². The summed E-state index contributed by atoms with van der Waals surface area (Å²) in [7, 11) is 1.50. The van der Waals surface area contributed by atoms with E-state index < -0.39 is 5.60 Å². The number of carboxylic acid groups (broad SMARTS) is 1. The lowest BCUT2D eigenvalue weighted by atomic mass is 10.1. The lowest BCUT2D eigenvalue weighted by molar-refractivity contribution is -0.122. The Morgan fingerprint density at radius 2 is 2.09 bits per heavy atom. The summed E-state index contributed by atoms with van der Waals surface area (Å²) in [6.07, 6.45) is 4.12. The fraction of sp³-hybridized carbons (Fsp3) is 0.375. The molecule has 1 aromatic heterocycles. The number of methoxy groups -OCH3 is 1. The normalized spacial score (nSPS) is 10.7. The zero-order chi connectivity index (χ0) is 17.5. The molecule has 1 heterocycles. The van der Waals surface area contributed by atoms with Crippen molar-refractivity contribution in [3.8, 4) is 17.1 Å². The quantitative estimate of drug-likeness (QED) is 0.826. The van der Waals surface area contributed by atoms with E-state index in [-0.39, 0.29) is 12.3 Å². The molecule has 7 heteroatoms. The van der Waals surface area contributed by atoms with E-state index in [0.29, 0.717) is 24.5 Å². The number of ether oxygens (including phenoxy) is 1. The lowest BCUT2D eigenvalue weighted by Crippen LogP contribution is -2.21. The first-order valence-corrected chi connectivity index (χ1v) is 6.97. The minimum Gasteiger partial charge on any atom is -0.496 e. The molecule has 2 aromatic rings. The highest BCUT2D eigenvalue weighted by atomic mass is 19.1. The Labute approximate surface area is 134 Å². The maximum Gasteiger partial charge on any atom is 0.290 e. The van der Waals surface area contributed by atoms with Gasteiger partial charge in [-0.1, -0.05) is 0 Å². The number of benzene rings is 1. The van der Waals surface area contributed by atoms with Crippen molar-refractivity contribution in [2.45, 2.75) is 32.4 Å². The molecular weight excluding hydrogens is 303 g/mol. The Balaban J connectivity index is 0.000000816. The molecule has 126 valence electrons. The average molecular weight is 324 g/mol. The number of rotatable bonds is 5. The Hall–Kier alpha value is -2.41. The minimum absolute atomic E-state index is 0.250. The van der Waals surface area contributed by atoms with E-state index in [4.69, 9.17) is 14.6 Å². The molecule has 2 N–H and O–H groups in total. The molecule has 0 fully saturated rings. The second-order valence-electron chi connectivity index (χ2n) is 5.46. The van der Waals surface area contributed by atoms with Crippen LogP contribution in [-0.2, 0) is 11.3 Å². The topological polar surface area (TPSA) is 84.6 Å². The molecule has 23 heavy (non-hydrogen) atoms. The van der Waals surface area contributed by atoms with Crippen molar-refractivity contribution in [1.29, 1.82) is 0 Å². The first-order chi connectivity index (χ1) is 10.8. The van der Waals surface area contributed by atoms with E-state index in [1.807, 2.05) is 10.8 Å². The number of nitrogens with zero attached hydrogens (tertiary/aromatic N) is 2. The van der Waals surface area contributed by atoms with Gasteiger partial charge in [0.1, 0.15) is 17.4 Å². The highest BCUT2D eigenvalue weighted by Gasteiger charge is 2.16. The van der Waals surface area contributed by atoms with Crippen LogP contribution >= 0.6 is 0 Å². The van der Waals surface area contributed by atoms with Crippen LogP contribution in [0.15, 0.2) is 30.6 Å². The predicted octanol–water partition coefficient (Wildman–Crippen LogP) is 2.56. The third-order valence-electron chi connectivity index (χ3n) is 3.08. The molecule has 0 saturated heterocycles. The molecule has 0 radical (unpaired) electrons. The number of hydrogen-bond donors (Lipinski definition) is 2. The van der Waals surface area contributed by atoms with Crippen molar-refractivity contribution in [3.63, 3.8) is 0 Å². The summed E-state index contributed by atoms with van der Waals surface area (Å²) in [6, 6.07) is 4.37. The van der Waals surface area contributed by atoms with Crippen LogP contribution in [0.4, 0.5) is 4.39 Å². The number of halogens is 1. The number of hydrogen-bond acceptors (Lipinski definition) is 4. The molecule has 0 spiro atoms. The van der Waals surface area contributed by atoms with Crippen molar-refractivity contribution in [1.82, 2.24) is 9.55 Å². The Morgan fingerprint density at radius 3 is 2.65 bits per heavy atom. The molecule has 2 rings (SSSR count). The van der Waals surface area contributed by atoms with Gasteiger partial charge in [0.25, 0.3) is 6.47 Å². The summed E-state index contributed by atoms with van der Waals surface area (Å²) >= 11 is 0. The highest BCUT2D eigenvalue weighted by molar-refractivity contribution is 5.64. The standard InChI is InChI=1S/C15H19FN2O2.CH2O2/c1-15(2,19)6-8-18-9-7-17-14(18)12-5-4-11(16)10-13(12)20-3;2-1-3/h4-5,7,9-10,19H,6,8H2,1-3H3;1H,(H,2,3). The largest absolute Gasteiger partial charge is 0.496 e. The zero-order valence-electron chi connectivity index (χ0n) is 13.4. The van der Waals surface area contributed by atoms with E-state index >= 15 is 0 Å². The number of aryl methyl sites for hydroxylation is 1. The monoisotopic (exact) mass is 324 g/mol. The van der Waals surface area contributed by atoms with Gasteiger partial charge in [0.2, 0.25) is 0 Å². The molecule has 6 nitrogen and oxygen atoms in total. The van der Waals surface area contributed by atoms with Crippen LogP contribution in [0, 0.1) is 5.82 Å². The maximum atomic E-state index is 13.2. The van der Waals surface area contributed by atoms with Crippen molar-refractivity contribution < 1.29 is 24.1 Å². The fourth-order valence-electron chi connectivity index (χ4n) is 1.98. The fourth-order valence-corrected chi connectivity index (χ4v) is 1.98. The zero-order valence-corrected chi connectivity index (χ0v) is 13.4. The van der Waals surface area contributed by atoms with Gasteiger partial charge in [-0.3, -0.25) is 4.79 Å². The van der Waals surface area contributed by atoms with Gasteiger partial charge in [-0.25, -0.2) is 9.37 Å². The van der Waals surface area contributed by atoms with Crippen molar-refractivity contribution in [2.75, 3.05) is 7.11 Å². The molecule has 1 aromatic carbocycles. The van der Waals surface area contributed by atoms with Crippen molar-refractivity contribution in [3.05, 3.63) is 36.4 Å². The Morgan fingerprint density at radius 1 is 1.43 bits per heavy atom. The summed E-state index contributed by atoms with van der Waals surface area (Å²) in [5.41, 5.74) is -0.0105. The van der Waals surface area contributed by atoms with Gasteiger partial charge in [-0.05, 0) is 32.4 Å². The van der Waals surface area contributed by atoms with Crippen LogP contribution in [0.25, 0.3) is 11.4 Å². The molecule has 0 aliphatic heterocycles. The smallest absolute Gasteiger partial charge is 0.290 e. The molecule has 0 bridgehead atoms. The summed E-state index contributed by atoms with van der Waals surface area (Å²) in [5, 5.41) is 16.7. The first-order valence-electron chi connectivity index (χ1n) is 6.97. The van der Waals surface area contributed by atoms with E-state index in [1.54, 1.807) is 26.1 Å². The lowest BCUT2D eigenvalue weighted by Gasteiger charge is -2.18. The van der Waals surface area contributed by atoms with Gasteiger partial charge in [0, 0.05) is 25.0 Å². The van der Waals surface area contributed by atoms with Gasteiger partial charge in [-0.15, -0.1) is 0 Å². The molecule has 0 atom stereocenters. The third kappa shape index (κ3) is 5.71. The van der Waals surface area contributed by atoms with E-state index in [0.717, 1.165) is 5.56 Å². The molecule has 0 saturated carbocycles.